The van der Waals surface area contributed by atoms with E-state index in [1.165, 1.54) is 13.8 Å². The molecule has 2 fully saturated rings. The fourth-order valence-electron chi connectivity index (χ4n) is 5.48. The molecule has 1 N–H and O–H groups in total. The fourth-order valence-corrected chi connectivity index (χ4v) is 6.39. The third-order valence-electron chi connectivity index (χ3n) is 8.35. The molecule has 0 aliphatic carbocycles. The van der Waals surface area contributed by atoms with Gasteiger partial charge in [0.05, 0.1) is 18.4 Å². The van der Waals surface area contributed by atoms with E-state index in [1.807, 2.05) is 0 Å². The molecule has 3 rings (SSSR count). The van der Waals surface area contributed by atoms with E-state index in [4.69, 9.17) is 4.74 Å². The van der Waals surface area contributed by atoms with Crippen LogP contribution in [0.15, 0.2) is 24.3 Å². The van der Waals surface area contributed by atoms with Crippen LogP contribution in [0.25, 0.3) is 0 Å². The number of amides is 2. The van der Waals surface area contributed by atoms with Crippen LogP contribution in [0.2, 0.25) is 0 Å². The second kappa shape index (κ2) is 12.7. The molecule has 2 aliphatic heterocycles. The molecule has 302 valence electrons. The van der Waals surface area contributed by atoms with E-state index in [0.717, 1.165) is 11.8 Å². The number of ether oxygens (including phenoxy) is 1. The van der Waals surface area contributed by atoms with Gasteiger partial charge in [0.25, 0.3) is 0 Å². The Balaban J connectivity index is 2.00. The van der Waals surface area contributed by atoms with Crippen LogP contribution in [-0.2, 0) is 29.2 Å². The van der Waals surface area contributed by atoms with Gasteiger partial charge in [0.1, 0.15) is 11.3 Å². The standard InChI is InChI=1S/C26H21F17N2O7S/c1-4-45-15(46)12-13(16(45)47)18(3,17(48)51-5-2)44-14(12)10-6-8-11(9-7-10)52-53(49,50)26(42,43)24(37,38)22(33,34)20(29,30)19(27,28)21(31,32)23(35,36)25(39,40)41/h6-9,12-14,44H,4-5H2,1-3H3/t12-,13-,14-,18-/m1/s1. The van der Waals surface area contributed by atoms with Gasteiger partial charge in [-0.05, 0) is 38.5 Å². The lowest BCUT2D eigenvalue weighted by atomic mass is 9.80. The Morgan fingerprint density at radius 3 is 1.58 bits per heavy atom. The van der Waals surface area contributed by atoms with Crippen LogP contribution in [0, 0.1) is 11.8 Å². The van der Waals surface area contributed by atoms with E-state index >= 15 is 0 Å². The van der Waals surface area contributed by atoms with Crippen LogP contribution in [0.5, 0.6) is 5.75 Å². The SMILES string of the molecule is CCOC(=O)[C@]1(C)N[C@H](c2ccc(OS(=O)(=O)C(F)(F)C(F)(F)C(F)(F)C(F)(F)C(F)(F)C(F)(F)C(F)(F)C(F)(F)F)cc2)[C@@H]2C(=O)N(CC)C(=O)[C@@H]21. The summed E-state index contributed by atoms with van der Waals surface area (Å²) in [7, 11) is -7.90. The largest absolute Gasteiger partial charge is 0.465 e. The number of fused-ring (bicyclic) bond motifs is 1. The number of likely N-dealkylation sites (tertiary alicyclic amines) is 1. The number of imide groups is 1. The molecule has 0 saturated carbocycles. The molecule has 0 bridgehead atoms. The lowest BCUT2D eigenvalue weighted by Crippen LogP contribution is -2.75. The van der Waals surface area contributed by atoms with Gasteiger partial charge in [-0.15, -0.1) is 0 Å². The van der Waals surface area contributed by atoms with Crippen molar-refractivity contribution in [2.24, 2.45) is 11.8 Å². The summed E-state index contributed by atoms with van der Waals surface area (Å²) in [5.41, 5.74) is -2.15. The minimum Gasteiger partial charge on any atom is -0.465 e. The molecule has 1 aromatic rings. The van der Waals surface area contributed by atoms with Gasteiger partial charge in [-0.3, -0.25) is 24.6 Å². The number of esters is 1. The van der Waals surface area contributed by atoms with Crippen molar-refractivity contribution in [1.29, 1.82) is 0 Å². The summed E-state index contributed by atoms with van der Waals surface area (Å²) in [5.74, 6) is -59.8. The Morgan fingerprint density at radius 2 is 1.17 bits per heavy atom. The maximum atomic E-state index is 14.5. The van der Waals surface area contributed by atoms with E-state index in [1.54, 1.807) is 0 Å². The summed E-state index contributed by atoms with van der Waals surface area (Å²) in [4.78, 5) is 39.6. The number of halogens is 17. The predicted molar refractivity (Wildman–Crippen MR) is 137 cm³/mol. The topological polar surface area (TPSA) is 119 Å². The Hall–Kier alpha value is -3.65. The third-order valence-corrected chi connectivity index (χ3v) is 9.64. The molecule has 0 radical (unpaired) electrons. The fraction of sp³-hybridized carbons (Fsp3) is 0.654. The van der Waals surface area contributed by atoms with E-state index in [-0.39, 0.29) is 30.8 Å². The number of carbonyl (C=O) groups excluding carboxylic acids is 3. The van der Waals surface area contributed by atoms with Crippen LogP contribution in [0.3, 0.4) is 0 Å². The van der Waals surface area contributed by atoms with Gasteiger partial charge in [0.15, 0.2) is 0 Å². The lowest BCUT2D eigenvalue weighted by molar-refractivity contribution is -0.458. The molecule has 0 unspecified atom stereocenters. The van der Waals surface area contributed by atoms with Gasteiger partial charge in [-0.25, -0.2) is 0 Å². The first kappa shape index (κ1) is 43.8. The van der Waals surface area contributed by atoms with E-state index in [2.05, 4.69) is 9.50 Å². The molecule has 27 heteroatoms. The average Bonchev–Trinajstić information content (AvgIpc) is 3.47. The van der Waals surface area contributed by atoms with E-state index < -0.39 is 104 Å². The highest BCUT2D eigenvalue weighted by Gasteiger charge is 2.96. The average molecular weight is 828 g/mol. The van der Waals surface area contributed by atoms with Crippen LogP contribution in [-0.4, -0.2) is 96.8 Å². The summed E-state index contributed by atoms with van der Waals surface area (Å²) in [5, 5.41) is -5.24. The number of benzene rings is 1. The zero-order valence-corrected chi connectivity index (χ0v) is 26.9. The lowest BCUT2D eigenvalue weighted by Gasteiger charge is -2.42. The zero-order valence-electron chi connectivity index (χ0n) is 26.1. The van der Waals surface area contributed by atoms with Gasteiger partial charge < -0.3 is 8.92 Å². The van der Waals surface area contributed by atoms with Crippen LogP contribution in [0.4, 0.5) is 74.6 Å². The van der Waals surface area contributed by atoms with Gasteiger partial charge in [-0.1, -0.05) is 12.1 Å². The number of alkyl halides is 17. The maximum absolute atomic E-state index is 14.5. The highest BCUT2D eigenvalue weighted by atomic mass is 32.2. The molecule has 2 heterocycles. The maximum Gasteiger partial charge on any atom is 0.460 e. The molecule has 9 nitrogen and oxygen atoms in total. The molecular weight excluding hydrogens is 807 g/mol. The van der Waals surface area contributed by atoms with Gasteiger partial charge in [0.2, 0.25) is 11.8 Å². The van der Waals surface area contributed by atoms with Crippen molar-refractivity contribution in [3.8, 4) is 5.75 Å². The summed E-state index contributed by atoms with van der Waals surface area (Å²) >= 11 is 0. The molecule has 4 atom stereocenters. The molecule has 1 aromatic carbocycles. The number of nitrogens with zero attached hydrogens (tertiary/aromatic N) is 1. The second-order valence-corrected chi connectivity index (χ2v) is 13.1. The smallest absolute Gasteiger partial charge is 0.460 e. The van der Waals surface area contributed by atoms with Crippen molar-refractivity contribution < 1.29 is 106 Å². The Morgan fingerprint density at radius 1 is 0.736 bits per heavy atom. The Kier molecular flexibility index (Phi) is 10.5. The van der Waals surface area contributed by atoms with Crippen molar-refractivity contribution in [3.05, 3.63) is 29.8 Å². The highest BCUT2D eigenvalue weighted by molar-refractivity contribution is 7.88. The Bertz CT molecular complexity index is 1740. The van der Waals surface area contributed by atoms with Crippen molar-refractivity contribution >= 4 is 27.9 Å². The monoisotopic (exact) mass is 828 g/mol. The van der Waals surface area contributed by atoms with Gasteiger partial charge in [0, 0.05) is 12.6 Å². The van der Waals surface area contributed by atoms with Crippen molar-refractivity contribution in [2.45, 2.75) is 79.3 Å². The highest BCUT2D eigenvalue weighted by Crippen LogP contribution is 2.64. The second-order valence-electron chi connectivity index (χ2n) is 11.5. The number of carbonyl (C=O) groups is 3. The molecule has 2 aliphatic rings. The number of hydrogen-bond acceptors (Lipinski definition) is 8. The minimum absolute atomic E-state index is 0.190. The zero-order chi connectivity index (χ0) is 41.6. The summed E-state index contributed by atoms with van der Waals surface area (Å²) in [6.45, 7) is 3.53. The molecular formula is C26H21F17N2O7S. The number of nitrogens with one attached hydrogen (secondary N) is 1. The summed E-state index contributed by atoms with van der Waals surface area (Å²) < 4.78 is 263. The number of hydrogen-bond donors (Lipinski definition) is 1. The first-order valence-electron chi connectivity index (χ1n) is 14.1. The molecule has 2 amide bonds. The van der Waals surface area contributed by atoms with Crippen molar-refractivity contribution in [1.82, 2.24) is 10.2 Å². The summed E-state index contributed by atoms with van der Waals surface area (Å²) in [6, 6.07) is 0.398. The normalized spacial score (nSPS) is 24.1. The van der Waals surface area contributed by atoms with Crippen LogP contribution >= 0.6 is 0 Å². The van der Waals surface area contributed by atoms with Crippen LogP contribution in [0.1, 0.15) is 32.4 Å². The minimum atomic E-state index is -9.00. The molecule has 53 heavy (non-hydrogen) atoms. The molecule has 0 spiro atoms. The van der Waals surface area contributed by atoms with Gasteiger partial charge >= 0.3 is 63.1 Å². The van der Waals surface area contributed by atoms with Crippen LogP contribution < -0.4 is 9.50 Å². The van der Waals surface area contributed by atoms with Crippen molar-refractivity contribution in [2.75, 3.05) is 13.2 Å². The van der Waals surface area contributed by atoms with E-state index in [9.17, 15) is 97.4 Å². The Labute approximate surface area is 284 Å². The third kappa shape index (κ3) is 5.84. The quantitative estimate of drug-likeness (QED) is 0.112. The molecule has 0 aromatic heterocycles. The summed E-state index contributed by atoms with van der Waals surface area (Å²) in [6.07, 6.45) is -7.96. The first-order chi connectivity index (χ1) is 23.5. The first-order valence-corrected chi connectivity index (χ1v) is 15.5. The molecule has 2 saturated heterocycles. The number of rotatable bonds is 13. The predicted octanol–water partition coefficient (Wildman–Crippen LogP) is 5.95. The van der Waals surface area contributed by atoms with E-state index in [0.29, 0.717) is 12.1 Å². The van der Waals surface area contributed by atoms with Crippen molar-refractivity contribution in [3.63, 3.8) is 0 Å². The van der Waals surface area contributed by atoms with Gasteiger partial charge in [-0.2, -0.15) is 83.1 Å².